The molecule has 1 N–H and O–H groups in total. The number of sulfone groups is 1. The molecule has 1 aliphatic rings. The monoisotopic (exact) mass is 501 g/mol. The number of nitrogens with zero attached hydrogens (tertiary/aromatic N) is 2. The van der Waals surface area contributed by atoms with Crippen LogP contribution in [0.3, 0.4) is 0 Å². The van der Waals surface area contributed by atoms with E-state index < -0.39 is 26.5 Å². The molecule has 2 aromatic carbocycles. The Morgan fingerprint density at radius 3 is 2.70 bits per heavy atom. The van der Waals surface area contributed by atoms with E-state index >= 15 is 0 Å². The smallest absolute Gasteiger partial charge is 0.417 e. The molecule has 0 spiro atoms. The van der Waals surface area contributed by atoms with Gasteiger partial charge in [0, 0.05) is 37.5 Å². The quantitative estimate of drug-likeness (QED) is 0.625. The molecule has 1 heterocycles. The minimum Gasteiger partial charge on any atom is -0.492 e. The number of alkyl halides is 3. The van der Waals surface area contributed by atoms with Crippen molar-refractivity contribution in [1.29, 1.82) is 5.26 Å². The Kier molecular flexibility index (Phi) is 7.90. The van der Waals surface area contributed by atoms with Crippen LogP contribution in [-0.4, -0.2) is 58.4 Å². The fourth-order valence-corrected chi connectivity index (χ4v) is 4.84. The maximum atomic E-state index is 13.3. The first kappa shape index (κ1) is 25.3. The molecule has 2 aromatic rings. The molecule has 11 heteroatoms. The van der Waals surface area contributed by atoms with Gasteiger partial charge in [0.1, 0.15) is 12.4 Å². The molecule has 1 saturated heterocycles. The minimum absolute atomic E-state index is 0.0448. The third-order valence-electron chi connectivity index (χ3n) is 5.25. The molecule has 1 atom stereocenters. The van der Waals surface area contributed by atoms with Crippen molar-refractivity contribution in [3.63, 3.8) is 0 Å². The van der Waals surface area contributed by atoms with Gasteiger partial charge in [-0.25, -0.2) is 8.42 Å². The van der Waals surface area contributed by atoms with Crippen molar-refractivity contribution in [2.24, 2.45) is 0 Å². The Hall–Kier alpha value is -2.32. The zero-order valence-corrected chi connectivity index (χ0v) is 19.4. The Labute approximate surface area is 195 Å². The van der Waals surface area contributed by atoms with Crippen LogP contribution in [0.2, 0.25) is 5.02 Å². The SMILES string of the molecule is CS(=O)(=O)c1ccc(OCC2CN(CCc3cc(Cl)cc(C#N)c3)CCN2)cc1C(F)(F)F. The van der Waals surface area contributed by atoms with Crippen molar-refractivity contribution in [1.82, 2.24) is 10.2 Å². The number of ether oxygens (including phenoxy) is 1. The summed E-state index contributed by atoms with van der Waals surface area (Å²) in [6.07, 6.45) is -3.38. The third-order valence-corrected chi connectivity index (χ3v) is 6.62. The first-order valence-corrected chi connectivity index (χ1v) is 12.4. The van der Waals surface area contributed by atoms with Gasteiger partial charge in [0.05, 0.1) is 28.1 Å². The highest BCUT2D eigenvalue weighted by Crippen LogP contribution is 2.36. The Morgan fingerprint density at radius 2 is 2.03 bits per heavy atom. The van der Waals surface area contributed by atoms with Gasteiger partial charge in [-0.3, -0.25) is 0 Å². The Morgan fingerprint density at radius 1 is 1.27 bits per heavy atom. The van der Waals surface area contributed by atoms with Gasteiger partial charge in [-0.2, -0.15) is 18.4 Å². The van der Waals surface area contributed by atoms with E-state index in [9.17, 15) is 21.6 Å². The van der Waals surface area contributed by atoms with Crippen molar-refractivity contribution in [2.75, 3.05) is 39.0 Å². The van der Waals surface area contributed by atoms with Gasteiger partial charge in [0.15, 0.2) is 9.84 Å². The zero-order valence-electron chi connectivity index (χ0n) is 17.8. The molecule has 33 heavy (non-hydrogen) atoms. The van der Waals surface area contributed by atoms with E-state index in [1.54, 1.807) is 12.1 Å². The van der Waals surface area contributed by atoms with Crippen LogP contribution in [-0.2, 0) is 22.4 Å². The van der Waals surface area contributed by atoms with Crippen LogP contribution in [0.1, 0.15) is 16.7 Å². The van der Waals surface area contributed by atoms with E-state index in [0.717, 1.165) is 37.0 Å². The number of nitrogens with one attached hydrogen (secondary N) is 1. The molecule has 1 unspecified atom stereocenters. The van der Waals surface area contributed by atoms with Crippen LogP contribution in [0, 0.1) is 11.3 Å². The summed E-state index contributed by atoms with van der Waals surface area (Å²) in [5, 5.41) is 12.9. The summed E-state index contributed by atoms with van der Waals surface area (Å²) in [5.41, 5.74) is 0.222. The lowest BCUT2D eigenvalue weighted by Crippen LogP contribution is -2.53. The van der Waals surface area contributed by atoms with Crippen LogP contribution in [0.5, 0.6) is 5.75 Å². The van der Waals surface area contributed by atoms with Crippen LogP contribution < -0.4 is 10.1 Å². The molecule has 3 rings (SSSR count). The van der Waals surface area contributed by atoms with Gasteiger partial charge in [-0.15, -0.1) is 0 Å². The molecule has 1 aliphatic heterocycles. The van der Waals surface area contributed by atoms with Gasteiger partial charge in [0.25, 0.3) is 0 Å². The first-order chi connectivity index (χ1) is 15.5. The third kappa shape index (κ3) is 7.08. The molecule has 0 bridgehead atoms. The fraction of sp³-hybridized carbons (Fsp3) is 0.409. The number of piperazine rings is 1. The highest BCUT2D eigenvalue weighted by atomic mass is 35.5. The molecular weight excluding hydrogens is 479 g/mol. The van der Waals surface area contributed by atoms with Crippen LogP contribution in [0.4, 0.5) is 13.2 Å². The standard InChI is InChI=1S/C22H23ClF3N3O3S/c1-33(30,31)21-3-2-19(11-20(21)22(24,25)26)32-14-18-13-29(7-5-28-18)6-4-15-8-16(12-27)10-17(23)9-15/h2-3,8-11,18,28H,4-7,13-14H2,1H3. The number of halogens is 4. The lowest BCUT2D eigenvalue weighted by molar-refractivity contribution is -0.140. The van der Waals surface area contributed by atoms with Gasteiger partial charge >= 0.3 is 6.18 Å². The lowest BCUT2D eigenvalue weighted by Gasteiger charge is -2.33. The van der Waals surface area contributed by atoms with E-state index in [1.807, 2.05) is 6.07 Å². The molecule has 0 saturated carbocycles. The first-order valence-electron chi connectivity index (χ1n) is 10.1. The predicted octanol–water partition coefficient (Wildman–Crippen LogP) is 3.53. The van der Waals surface area contributed by atoms with Gasteiger partial charge in [-0.1, -0.05) is 11.6 Å². The predicted molar refractivity (Wildman–Crippen MR) is 118 cm³/mol. The molecule has 6 nitrogen and oxygen atoms in total. The summed E-state index contributed by atoms with van der Waals surface area (Å²) in [6, 6.07) is 10.1. The molecule has 0 amide bonds. The minimum atomic E-state index is -4.82. The second-order valence-electron chi connectivity index (χ2n) is 7.90. The molecule has 0 aromatic heterocycles. The van der Waals surface area contributed by atoms with Gasteiger partial charge in [-0.05, 0) is 48.4 Å². The van der Waals surface area contributed by atoms with Crippen molar-refractivity contribution < 1.29 is 26.3 Å². The summed E-state index contributed by atoms with van der Waals surface area (Å²) >= 11 is 6.05. The summed E-state index contributed by atoms with van der Waals surface area (Å²) in [7, 11) is -4.03. The number of benzene rings is 2. The van der Waals surface area contributed by atoms with E-state index in [2.05, 4.69) is 16.3 Å². The Bertz CT molecular complexity index is 1150. The second-order valence-corrected chi connectivity index (χ2v) is 10.3. The summed E-state index contributed by atoms with van der Waals surface area (Å²) in [6.45, 7) is 2.96. The summed E-state index contributed by atoms with van der Waals surface area (Å²) in [4.78, 5) is 1.43. The van der Waals surface area contributed by atoms with E-state index in [-0.39, 0.29) is 18.4 Å². The largest absolute Gasteiger partial charge is 0.492 e. The highest BCUT2D eigenvalue weighted by molar-refractivity contribution is 7.90. The number of nitriles is 1. The van der Waals surface area contributed by atoms with Crippen molar-refractivity contribution in [3.8, 4) is 11.8 Å². The van der Waals surface area contributed by atoms with Crippen LogP contribution in [0.25, 0.3) is 0 Å². The van der Waals surface area contributed by atoms with Crippen molar-refractivity contribution in [3.05, 3.63) is 58.1 Å². The number of rotatable bonds is 7. The van der Waals surface area contributed by atoms with Gasteiger partial charge in [0.2, 0.25) is 0 Å². The average Bonchev–Trinajstić information content (AvgIpc) is 2.75. The molecule has 1 fully saturated rings. The zero-order chi connectivity index (χ0) is 24.2. The van der Waals surface area contributed by atoms with E-state index in [0.29, 0.717) is 30.1 Å². The van der Waals surface area contributed by atoms with Crippen LogP contribution >= 0.6 is 11.6 Å². The fourth-order valence-electron chi connectivity index (χ4n) is 3.70. The normalized spacial score (nSPS) is 17.5. The van der Waals surface area contributed by atoms with Crippen molar-refractivity contribution >= 4 is 21.4 Å². The maximum Gasteiger partial charge on any atom is 0.417 e. The average molecular weight is 502 g/mol. The maximum absolute atomic E-state index is 13.3. The van der Waals surface area contributed by atoms with E-state index in [4.69, 9.17) is 21.6 Å². The van der Waals surface area contributed by atoms with Gasteiger partial charge < -0.3 is 15.0 Å². The lowest BCUT2D eigenvalue weighted by atomic mass is 10.1. The number of hydrogen-bond acceptors (Lipinski definition) is 6. The number of hydrogen-bond donors (Lipinski definition) is 1. The summed E-state index contributed by atoms with van der Waals surface area (Å²) < 4.78 is 69.0. The van der Waals surface area contributed by atoms with Crippen LogP contribution in [0.15, 0.2) is 41.3 Å². The Balaban J connectivity index is 1.60. The summed E-state index contributed by atoms with van der Waals surface area (Å²) in [5.74, 6) is -0.0448. The van der Waals surface area contributed by atoms with Crippen molar-refractivity contribution in [2.45, 2.75) is 23.5 Å². The second kappa shape index (κ2) is 10.3. The highest BCUT2D eigenvalue weighted by Gasteiger charge is 2.36. The van der Waals surface area contributed by atoms with E-state index in [1.165, 1.54) is 6.07 Å². The molecular formula is C22H23ClF3N3O3S. The topological polar surface area (TPSA) is 82.4 Å². The molecule has 0 radical (unpaired) electrons. The molecule has 0 aliphatic carbocycles. The molecule has 178 valence electrons.